The molecule has 47 heavy (non-hydrogen) atoms. The van der Waals surface area contributed by atoms with Crippen molar-refractivity contribution in [3.8, 4) is 11.3 Å². The van der Waals surface area contributed by atoms with Gasteiger partial charge in [0.2, 0.25) is 0 Å². The molecule has 0 bridgehead atoms. The molecule has 8 heteroatoms. The molecule has 0 amide bonds. The van der Waals surface area contributed by atoms with Gasteiger partial charge in [-0.2, -0.15) is 0 Å². The number of aliphatic hydroxyl groups is 1. The molecule has 4 aromatic carbocycles. The molecule has 3 heterocycles. The van der Waals surface area contributed by atoms with Gasteiger partial charge in [-0.25, -0.2) is 8.78 Å². The number of benzene rings is 4. The van der Waals surface area contributed by atoms with E-state index in [9.17, 15) is 18.7 Å². The third-order valence-corrected chi connectivity index (χ3v) is 10.0. The summed E-state index contributed by atoms with van der Waals surface area (Å²) in [7, 11) is 0. The first-order valence-electron chi connectivity index (χ1n) is 15.9. The minimum Gasteiger partial charge on any atom is -0.512 e. The normalized spacial score (nSPS) is 12.4. The van der Waals surface area contributed by atoms with Crippen LogP contribution < -0.4 is 0 Å². The molecule has 7 rings (SSSR count). The van der Waals surface area contributed by atoms with Crippen molar-refractivity contribution in [1.29, 1.82) is 0 Å². The third-order valence-electron chi connectivity index (χ3n) is 8.98. The molecular formula is C39H35F2IrN2O2S-. The Kier molecular flexibility index (Phi) is 10.7. The number of ketones is 1. The maximum atomic E-state index is 14.4. The van der Waals surface area contributed by atoms with Crippen molar-refractivity contribution >= 4 is 60.8 Å². The van der Waals surface area contributed by atoms with Crippen molar-refractivity contribution in [2.75, 3.05) is 0 Å². The zero-order valence-electron chi connectivity index (χ0n) is 26.7. The fourth-order valence-electron chi connectivity index (χ4n) is 6.33. The summed E-state index contributed by atoms with van der Waals surface area (Å²) in [6.07, 6.45) is 6.68. The standard InChI is InChI=1S/C26H11F2N2S.C13H24O2.Ir/c27-14-10-18-16(21(28)11-14)6-5-15-17-7-8-29-25-20-9-13-3-1-2-4-22(13)30-26(20)31-23(24(17)25)12-19(15)18;1-5-10(6-2)12(14)9-13(15)11(7-3)8-4;/h1-8,10-12H;9-11,14H,5-8H2,1-4H3;/q-1;;/b;12-9-;. The van der Waals surface area contributed by atoms with Crippen LogP contribution in [0.25, 0.3) is 54.5 Å². The Bertz CT molecular complexity index is 2160. The second kappa shape index (κ2) is 14.6. The van der Waals surface area contributed by atoms with Crippen LogP contribution >= 0.6 is 11.8 Å². The van der Waals surface area contributed by atoms with Crippen molar-refractivity contribution in [1.82, 2.24) is 9.97 Å². The van der Waals surface area contributed by atoms with Crippen molar-refractivity contribution in [3.63, 3.8) is 0 Å². The Balaban J connectivity index is 0.000000234. The fourth-order valence-corrected chi connectivity index (χ4v) is 7.41. The van der Waals surface area contributed by atoms with Gasteiger partial charge in [-0.1, -0.05) is 69.0 Å². The number of para-hydroxylation sites is 1. The number of fused-ring (bicyclic) bond motifs is 7. The molecule has 1 aliphatic heterocycles. The fraction of sp³-hybridized carbons (Fsp3) is 0.256. The van der Waals surface area contributed by atoms with Crippen LogP contribution in [-0.2, 0) is 24.9 Å². The van der Waals surface area contributed by atoms with Gasteiger partial charge in [0.1, 0.15) is 11.6 Å². The zero-order valence-corrected chi connectivity index (χ0v) is 29.9. The van der Waals surface area contributed by atoms with E-state index in [2.05, 4.69) is 11.1 Å². The largest absolute Gasteiger partial charge is 0.512 e. The van der Waals surface area contributed by atoms with E-state index in [1.807, 2.05) is 70.2 Å². The number of carbonyl (C=O) groups is 1. The van der Waals surface area contributed by atoms with Crippen molar-refractivity contribution in [3.05, 3.63) is 96.4 Å². The number of aliphatic hydroxyl groups excluding tert-OH is 1. The summed E-state index contributed by atoms with van der Waals surface area (Å²) in [5.41, 5.74) is 2.60. The molecule has 1 aliphatic rings. The topological polar surface area (TPSA) is 63.1 Å². The number of hydrogen-bond acceptors (Lipinski definition) is 5. The van der Waals surface area contributed by atoms with Gasteiger partial charge in [-0.05, 0) is 76.3 Å². The molecule has 0 spiro atoms. The molecule has 2 aromatic heterocycles. The van der Waals surface area contributed by atoms with Crippen LogP contribution in [0.4, 0.5) is 8.78 Å². The van der Waals surface area contributed by atoms with E-state index in [-0.39, 0.29) is 43.5 Å². The van der Waals surface area contributed by atoms with Crippen LogP contribution in [0.2, 0.25) is 0 Å². The number of allylic oxidation sites excluding steroid dienone is 2. The second-order valence-corrected chi connectivity index (χ2v) is 12.7. The van der Waals surface area contributed by atoms with Crippen LogP contribution in [-0.4, -0.2) is 20.9 Å². The van der Waals surface area contributed by atoms with Crippen molar-refractivity contribution < 1.29 is 38.8 Å². The van der Waals surface area contributed by atoms with Crippen LogP contribution in [0.15, 0.2) is 88.6 Å². The average molecular weight is 826 g/mol. The zero-order chi connectivity index (χ0) is 32.5. The Labute approximate surface area is 291 Å². The predicted octanol–water partition coefficient (Wildman–Crippen LogP) is 11.2. The molecule has 1 radical (unpaired) electrons. The number of halogens is 2. The van der Waals surface area contributed by atoms with Crippen LogP contribution in [0.5, 0.6) is 0 Å². The van der Waals surface area contributed by atoms with Gasteiger partial charge in [0.15, 0.2) is 5.78 Å². The van der Waals surface area contributed by atoms with E-state index in [1.54, 1.807) is 24.0 Å². The van der Waals surface area contributed by atoms with Gasteiger partial charge >= 0.3 is 0 Å². The molecule has 0 fully saturated rings. The Morgan fingerprint density at radius 3 is 2.28 bits per heavy atom. The van der Waals surface area contributed by atoms with Crippen LogP contribution in [0.3, 0.4) is 0 Å². The second-order valence-electron chi connectivity index (χ2n) is 11.6. The molecule has 243 valence electrons. The maximum absolute atomic E-state index is 14.4. The van der Waals surface area contributed by atoms with Crippen molar-refractivity contribution in [2.45, 2.75) is 63.3 Å². The quantitative estimate of drug-likeness (QED) is 0.0751. The summed E-state index contributed by atoms with van der Waals surface area (Å²) < 4.78 is 28.5. The Morgan fingerprint density at radius 2 is 1.55 bits per heavy atom. The molecule has 4 nitrogen and oxygen atoms in total. The first kappa shape index (κ1) is 34.6. The summed E-state index contributed by atoms with van der Waals surface area (Å²) in [5, 5.41) is 16.3. The van der Waals surface area contributed by atoms with E-state index in [0.29, 0.717) is 10.8 Å². The predicted molar refractivity (Wildman–Crippen MR) is 184 cm³/mol. The molecular weight excluding hydrogens is 791 g/mol. The molecule has 0 atom stereocenters. The summed E-state index contributed by atoms with van der Waals surface area (Å²) >= 11 is 1.55. The number of aromatic nitrogens is 2. The van der Waals surface area contributed by atoms with Gasteiger partial charge in [-0.3, -0.25) is 9.78 Å². The maximum Gasteiger partial charge on any atom is 0.162 e. The Morgan fingerprint density at radius 1 is 0.872 bits per heavy atom. The van der Waals surface area contributed by atoms with Gasteiger partial charge in [-0.15, -0.1) is 23.9 Å². The smallest absolute Gasteiger partial charge is 0.162 e. The molecule has 1 N–H and O–H groups in total. The molecule has 0 saturated carbocycles. The number of rotatable bonds is 7. The minimum absolute atomic E-state index is 0. The number of nitrogens with zero attached hydrogens (tertiary/aromatic N) is 2. The van der Waals surface area contributed by atoms with E-state index >= 15 is 0 Å². The summed E-state index contributed by atoms with van der Waals surface area (Å²) in [6.45, 7) is 8.07. The van der Waals surface area contributed by atoms with Gasteiger partial charge in [0.05, 0.1) is 5.76 Å². The third kappa shape index (κ3) is 6.56. The SMILES string of the molecule is CCC(CC)C(=O)/C=C(\O)C(CC)CC.Fc1cc(F)c2ccc3c4ccnc5c4c(cc3c2c1)Sc1nc2ccccc2[c-]c1-5.[Ir]. The molecule has 0 saturated heterocycles. The number of carbonyl (C=O) groups excluding carboxylic acids is 1. The van der Waals surface area contributed by atoms with Gasteiger partial charge in [0.25, 0.3) is 0 Å². The van der Waals surface area contributed by atoms with E-state index in [4.69, 9.17) is 4.98 Å². The van der Waals surface area contributed by atoms with Gasteiger partial charge < -0.3 is 10.1 Å². The number of pyridine rings is 2. The van der Waals surface area contributed by atoms with E-state index in [1.165, 1.54) is 12.1 Å². The first-order chi connectivity index (χ1) is 22.3. The van der Waals surface area contributed by atoms with Gasteiger partial charge in [0, 0.05) is 71.3 Å². The monoisotopic (exact) mass is 826 g/mol. The molecule has 0 unspecified atom stereocenters. The molecule has 6 aromatic rings. The van der Waals surface area contributed by atoms with Crippen LogP contribution in [0, 0.1) is 29.5 Å². The summed E-state index contributed by atoms with van der Waals surface area (Å²) in [5.74, 6) is -0.588. The van der Waals surface area contributed by atoms with E-state index in [0.717, 1.165) is 85.4 Å². The van der Waals surface area contributed by atoms with Crippen molar-refractivity contribution in [2.24, 2.45) is 11.8 Å². The first-order valence-corrected chi connectivity index (χ1v) is 16.7. The average Bonchev–Trinajstić information content (AvgIpc) is 3.05. The Hall–Kier alpha value is -3.71. The van der Waals surface area contributed by atoms with E-state index < -0.39 is 11.6 Å². The molecule has 0 aliphatic carbocycles. The summed E-state index contributed by atoms with van der Waals surface area (Å²) in [4.78, 5) is 22.2. The summed E-state index contributed by atoms with van der Waals surface area (Å²) in [6, 6.07) is 21.3. The minimum atomic E-state index is -0.581. The van der Waals surface area contributed by atoms with Crippen LogP contribution in [0.1, 0.15) is 53.4 Å². The number of hydrogen-bond donors (Lipinski definition) is 1.